The molecule has 1 aromatic carbocycles. The van der Waals surface area contributed by atoms with Crippen LogP contribution in [0.25, 0.3) is 0 Å². The normalized spacial score (nSPS) is 14.7. The number of aryl methyl sites for hydroxylation is 2. The van der Waals surface area contributed by atoms with Crippen LogP contribution in [0.5, 0.6) is 5.75 Å². The number of hydrogen-bond donors (Lipinski definition) is 1. The number of halogens is 1. The number of benzene rings is 1. The fraction of sp³-hybridized carbons (Fsp3) is 0.353. The number of rotatable bonds is 3. The average Bonchev–Trinajstić information content (AvgIpc) is 2.85. The molecule has 1 atom stereocenters. The van der Waals surface area contributed by atoms with Crippen molar-refractivity contribution in [3.8, 4) is 5.75 Å². The van der Waals surface area contributed by atoms with Crippen molar-refractivity contribution >= 4 is 15.9 Å². The van der Waals surface area contributed by atoms with E-state index in [0.29, 0.717) is 0 Å². The maximum Gasteiger partial charge on any atom is 0.125 e. The van der Waals surface area contributed by atoms with E-state index in [1.165, 1.54) is 11.1 Å². The third-order valence-electron chi connectivity index (χ3n) is 3.80. The topological polar surface area (TPSA) is 48.1 Å². The highest BCUT2D eigenvalue weighted by molar-refractivity contribution is 9.10. The molecule has 21 heavy (non-hydrogen) atoms. The van der Waals surface area contributed by atoms with Crippen molar-refractivity contribution in [2.45, 2.75) is 32.7 Å². The minimum atomic E-state index is -0.0481. The van der Waals surface area contributed by atoms with Gasteiger partial charge in [-0.15, -0.1) is 0 Å². The molecule has 0 aliphatic carbocycles. The molecule has 1 aliphatic rings. The fourth-order valence-corrected chi connectivity index (χ4v) is 3.49. The molecule has 1 aliphatic heterocycles. The number of hydrogen-bond acceptors (Lipinski definition) is 3. The van der Waals surface area contributed by atoms with E-state index in [9.17, 15) is 0 Å². The van der Waals surface area contributed by atoms with Gasteiger partial charge in [-0.25, -0.2) is 0 Å². The first-order chi connectivity index (χ1) is 10.0. The summed E-state index contributed by atoms with van der Waals surface area (Å²) >= 11 is 3.58. The maximum atomic E-state index is 6.41. The van der Waals surface area contributed by atoms with Crippen LogP contribution in [0.4, 0.5) is 0 Å². The van der Waals surface area contributed by atoms with Crippen molar-refractivity contribution in [2.24, 2.45) is 5.73 Å². The molecule has 0 amide bonds. The van der Waals surface area contributed by atoms with Gasteiger partial charge in [-0.1, -0.05) is 15.9 Å². The van der Waals surface area contributed by atoms with Crippen LogP contribution in [-0.2, 0) is 12.8 Å². The summed E-state index contributed by atoms with van der Waals surface area (Å²) in [6.45, 7) is 4.77. The van der Waals surface area contributed by atoms with Crippen molar-refractivity contribution in [3.63, 3.8) is 0 Å². The summed E-state index contributed by atoms with van der Waals surface area (Å²) in [5.41, 5.74) is 12.0. The minimum absolute atomic E-state index is 0.0481. The van der Waals surface area contributed by atoms with Gasteiger partial charge in [0.1, 0.15) is 5.75 Å². The van der Waals surface area contributed by atoms with Gasteiger partial charge in [0.2, 0.25) is 0 Å². The summed E-state index contributed by atoms with van der Waals surface area (Å²) in [5, 5.41) is 0. The van der Waals surface area contributed by atoms with E-state index in [1.54, 1.807) is 0 Å². The second-order valence-corrected chi connectivity index (χ2v) is 6.56. The predicted octanol–water partition coefficient (Wildman–Crippen LogP) is 3.64. The molecule has 0 radical (unpaired) electrons. The lowest BCUT2D eigenvalue weighted by molar-refractivity contribution is 0.352. The highest BCUT2D eigenvalue weighted by Crippen LogP contribution is 2.35. The molecule has 0 spiro atoms. The summed E-state index contributed by atoms with van der Waals surface area (Å²) in [5.74, 6) is 1.02. The molecule has 1 unspecified atom stereocenters. The van der Waals surface area contributed by atoms with Gasteiger partial charge in [-0.05, 0) is 61.2 Å². The minimum Gasteiger partial charge on any atom is -0.493 e. The van der Waals surface area contributed by atoms with Crippen LogP contribution in [0.15, 0.2) is 28.7 Å². The molecule has 0 bridgehead atoms. The Morgan fingerprint density at radius 2 is 1.95 bits per heavy atom. The molecule has 0 saturated carbocycles. The highest BCUT2D eigenvalue weighted by atomic mass is 79.9. The Bertz CT molecular complexity index is 664. The van der Waals surface area contributed by atoms with E-state index in [1.807, 2.05) is 13.8 Å². The third-order valence-corrected chi connectivity index (χ3v) is 4.25. The van der Waals surface area contributed by atoms with Crippen LogP contribution < -0.4 is 10.5 Å². The lowest BCUT2D eigenvalue weighted by atomic mass is 9.97. The van der Waals surface area contributed by atoms with E-state index >= 15 is 0 Å². The van der Waals surface area contributed by atoms with Crippen molar-refractivity contribution in [1.29, 1.82) is 0 Å². The molecule has 0 fully saturated rings. The Balaban J connectivity index is 1.90. The third kappa shape index (κ3) is 3.11. The van der Waals surface area contributed by atoms with Crippen LogP contribution in [0, 0.1) is 13.8 Å². The SMILES string of the molecule is Cc1cc(C(N)Cc2cc(Br)cc3c2OCC3)cc(C)n1. The summed E-state index contributed by atoms with van der Waals surface area (Å²) < 4.78 is 6.87. The van der Waals surface area contributed by atoms with Crippen LogP contribution in [0.3, 0.4) is 0 Å². The second kappa shape index (κ2) is 5.78. The van der Waals surface area contributed by atoms with Crippen molar-refractivity contribution in [2.75, 3.05) is 6.61 Å². The zero-order chi connectivity index (χ0) is 15.0. The first kappa shape index (κ1) is 14.5. The van der Waals surface area contributed by atoms with Gasteiger partial charge < -0.3 is 10.5 Å². The van der Waals surface area contributed by atoms with Gasteiger partial charge in [-0.3, -0.25) is 4.98 Å². The van der Waals surface area contributed by atoms with Gasteiger partial charge in [0, 0.05) is 28.3 Å². The zero-order valence-electron chi connectivity index (χ0n) is 12.3. The standard InChI is InChI=1S/C17H19BrN2O/c1-10-5-13(6-11(2)20-10)16(19)9-14-8-15(18)7-12-3-4-21-17(12)14/h5-8,16H,3-4,9,19H2,1-2H3. The number of ether oxygens (including phenoxy) is 1. The predicted molar refractivity (Wildman–Crippen MR) is 87.7 cm³/mol. The van der Waals surface area contributed by atoms with Crippen LogP contribution >= 0.6 is 15.9 Å². The Morgan fingerprint density at radius 1 is 1.24 bits per heavy atom. The van der Waals surface area contributed by atoms with Gasteiger partial charge in [0.15, 0.2) is 0 Å². The molecule has 2 N–H and O–H groups in total. The molecule has 110 valence electrons. The van der Waals surface area contributed by atoms with Gasteiger partial charge in [0.25, 0.3) is 0 Å². The molecule has 1 aromatic heterocycles. The maximum absolute atomic E-state index is 6.41. The lowest BCUT2D eigenvalue weighted by Crippen LogP contribution is -2.14. The molecule has 0 saturated heterocycles. The fourth-order valence-electron chi connectivity index (χ4n) is 2.93. The number of nitrogens with zero attached hydrogens (tertiary/aromatic N) is 1. The Kier molecular flexibility index (Phi) is 4.00. The van der Waals surface area contributed by atoms with E-state index in [4.69, 9.17) is 10.5 Å². The first-order valence-electron chi connectivity index (χ1n) is 7.18. The lowest BCUT2D eigenvalue weighted by Gasteiger charge is -2.16. The van der Waals surface area contributed by atoms with Gasteiger partial charge >= 0.3 is 0 Å². The van der Waals surface area contributed by atoms with Crippen molar-refractivity contribution < 1.29 is 4.74 Å². The summed E-state index contributed by atoms with van der Waals surface area (Å²) in [6.07, 6.45) is 1.75. The molecule has 4 heteroatoms. The van der Waals surface area contributed by atoms with Crippen LogP contribution in [0.1, 0.15) is 34.1 Å². The Morgan fingerprint density at radius 3 is 2.67 bits per heavy atom. The number of aromatic nitrogens is 1. The monoisotopic (exact) mass is 346 g/mol. The summed E-state index contributed by atoms with van der Waals surface area (Å²) in [6, 6.07) is 8.34. The molecular weight excluding hydrogens is 328 g/mol. The average molecular weight is 347 g/mol. The van der Waals surface area contributed by atoms with Gasteiger partial charge in [0.05, 0.1) is 6.61 Å². The van der Waals surface area contributed by atoms with Gasteiger partial charge in [-0.2, -0.15) is 0 Å². The largest absolute Gasteiger partial charge is 0.493 e. The van der Waals surface area contributed by atoms with E-state index in [0.717, 1.165) is 46.6 Å². The molecule has 2 heterocycles. The first-order valence-corrected chi connectivity index (χ1v) is 7.97. The second-order valence-electron chi connectivity index (χ2n) is 5.65. The number of nitrogens with two attached hydrogens (primary N) is 1. The molecule has 3 nitrogen and oxygen atoms in total. The quantitative estimate of drug-likeness (QED) is 0.922. The Labute approximate surface area is 133 Å². The molecular formula is C17H19BrN2O. The van der Waals surface area contributed by atoms with E-state index in [2.05, 4.69) is 45.2 Å². The van der Waals surface area contributed by atoms with Crippen molar-refractivity contribution in [3.05, 3.63) is 56.8 Å². The van der Waals surface area contributed by atoms with E-state index in [-0.39, 0.29) is 6.04 Å². The summed E-state index contributed by atoms with van der Waals surface area (Å²) in [4.78, 5) is 4.41. The molecule has 3 rings (SSSR count). The number of pyridine rings is 1. The Hall–Kier alpha value is -1.39. The van der Waals surface area contributed by atoms with Crippen LogP contribution in [0.2, 0.25) is 0 Å². The highest BCUT2D eigenvalue weighted by Gasteiger charge is 2.19. The molecule has 2 aromatic rings. The summed E-state index contributed by atoms with van der Waals surface area (Å²) in [7, 11) is 0. The van der Waals surface area contributed by atoms with E-state index < -0.39 is 0 Å². The zero-order valence-corrected chi connectivity index (χ0v) is 13.9. The smallest absolute Gasteiger partial charge is 0.125 e. The van der Waals surface area contributed by atoms with Crippen LogP contribution in [-0.4, -0.2) is 11.6 Å². The number of fused-ring (bicyclic) bond motifs is 1. The van der Waals surface area contributed by atoms with Crippen molar-refractivity contribution in [1.82, 2.24) is 4.98 Å².